The number of pyridine rings is 1. The summed E-state index contributed by atoms with van der Waals surface area (Å²) in [5.74, 6) is 2.52. The van der Waals surface area contributed by atoms with Gasteiger partial charge in [-0.2, -0.15) is 4.98 Å². The van der Waals surface area contributed by atoms with Crippen molar-refractivity contribution in [2.75, 3.05) is 33.9 Å². The van der Waals surface area contributed by atoms with E-state index in [1.54, 1.807) is 19.1 Å². The number of benzene rings is 2. The lowest BCUT2D eigenvalue weighted by molar-refractivity contribution is 0.0450. The molecule has 4 fully saturated rings. The molecule has 14 nitrogen and oxygen atoms in total. The summed E-state index contributed by atoms with van der Waals surface area (Å²) in [5, 5.41) is 4.05. The first-order valence-corrected chi connectivity index (χ1v) is 20.4. The largest absolute Gasteiger partial charge is 0.494 e. The molecule has 2 aliphatic carbocycles. The van der Waals surface area contributed by atoms with Crippen LogP contribution in [0.3, 0.4) is 0 Å². The van der Waals surface area contributed by atoms with Gasteiger partial charge >= 0.3 is 12.2 Å². The SMILES string of the molecule is COc1ccc2cc(-c3nc4cc(C(=O)N5C[C@H]6CC[C@@H]5[C@@H]6NC(=O)OC(C)(C)C)cc(OC)c4n3CC3CN(C(=O)OCc4ccccc4)C3)n(CC3CC3)c2n1. The van der Waals surface area contributed by atoms with Crippen LogP contribution in [0.25, 0.3) is 33.6 Å². The first kappa shape index (κ1) is 37.8. The number of hydrogen-bond donors (Lipinski definition) is 1. The fraction of sp³-hybridized carbons (Fsp3) is 0.477. The first-order valence-electron chi connectivity index (χ1n) is 20.4. The number of imidazole rings is 1. The lowest BCUT2D eigenvalue weighted by Gasteiger charge is -2.38. The highest BCUT2D eigenvalue weighted by molar-refractivity contribution is 6.00. The quantitative estimate of drug-likeness (QED) is 0.152. The molecular weight excluding hydrogens is 739 g/mol. The van der Waals surface area contributed by atoms with Crippen molar-refractivity contribution in [2.24, 2.45) is 17.8 Å². The fourth-order valence-electron chi connectivity index (χ4n) is 9.00. The van der Waals surface area contributed by atoms with Crippen LogP contribution in [0.15, 0.2) is 60.7 Å². The lowest BCUT2D eigenvalue weighted by atomic mass is 10.0. The summed E-state index contributed by atoms with van der Waals surface area (Å²) in [7, 11) is 3.24. The molecule has 5 heterocycles. The molecular formula is C44H51N7O7. The van der Waals surface area contributed by atoms with E-state index >= 15 is 0 Å². The van der Waals surface area contributed by atoms with Gasteiger partial charge < -0.3 is 43.2 Å². The number of alkyl carbamates (subject to hydrolysis) is 1. The number of piperidine rings is 1. The molecule has 304 valence electrons. The van der Waals surface area contributed by atoms with Gasteiger partial charge in [0.15, 0.2) is 5.82 Å². The Morgan fingerprint density at radius 2 is 1.62 bits per heavy atom. The number of fused-ring (bicyclic) bond motifs is 4. The Bertz CT molecular complexity index is 2370. The van der Waals surface area contributed by atoms with E-state index < -0.39 is 11.7 Å². The van der Waals surface area contributed by atoms with Crippen LogP contribution >= 0.6 is 0 Å². The van der Waals surface area contributed by atoms with E-state index in [9.17, 15) is 14.4 Å². The van der Waals surface area contributed by atoms with Gasteiger partial charge in [-0.15, -0.1) is 0 Å². The summed E-state index contributed by atoms with van der Waals surface area (Å²) in [5.41, 5.74) is 3.96. The molecule has 0 radical (unpaired) electrons. The zero-order valence-electron chi connectivity index (χ0n) is 33.8. The number of methoxy groups -OCH3 is 2. The van der Waals surface area contributed by atoms with Gasteiger partial charge in [0.1, 0.15) is 29.1 Å². The summed E-state index contributed by atoms with van der Waals surface area (Å²) in [6.07, 6.45) is 3.26. The van der Waals surface area contributed by atoms with Gasteiger partial charge in [0.2, 0.25) is 5.88 Å². The third kappa shape index (κ3) is 7.28. The maximum atomic E-state index is 14.4. The second-order valence-electron chi connectivity index (χ2n) is 17.3. The molecule has 2 saturated heterocycles. The van der Waals surface area contributed by atoms with Gasteiger partial charge in [-0.1, -0.05) is 30.3 Å². The maximum absolute atomic E-state index is 14.4. The molecule has 58 heavy (non-hydrogen) atoms. The van der Waals surface area contributed by atoms with E-state index in [-0.39, 0.29) is 42.5 Å². The maximum Gasteiger partial charge on any atom is 0.410 e. The van der Waals surface area contributed by atoms with Crippen LogP contribution in [0, 0.1) is 17.8 Å². The van der Waals surface area contributed by atoms with Crippen molar-refractivity contribution in [3.63, 3.8) is 0 Å². The number of nitrogens with one attached hydrogen (secondary N) is 1. The minimum atomic E-state index is -0.618. The van der Waals surface area contributed by atoms with E-state index in [2.05, 4.69) is 20.5 Å². The number of aromatic nitrogens is 4. The second-order valence-corrected chi connectivity index (χ2v) is 17.3. The highest BCUT2D eigenvalue weighted by Gasteiger charge is 2.50. The summed E-state index contributed by atoms with van der Waals surface area (Å²) < 4.78 is 27.3. The number of rotatable bonds is 11. The van der Waals surface area contributed by atoms with Crippen molar-refractivity contribution in [3.8, 4) is 23.1 Å². The van der Waals surface area contributed by atoms with Crippen LogP contribution in [0.4, 0.5) is 9.59 Å². The molecule has 14 heteroatoms. The number of carbonyl (C=O) groups is 3. The van der Waals surface area contributed by atoms with E-state index in [0.717, 1.165) is 65.9 Å². The molecule has 0 spiro atoms. The number of likely N-dealkylation sites (tertiary alicyclic amines) is 2. The second kappa shape index (κ2) is 14.9. The molecule has 2 aliphatic heterocycles. The molecule has 3 atom stereocenters. The Labute approximate surface area is 337 Å². The molecule has 2 aromatic carbocycles. The highest BCUT2D eigenvalue weighted by Crippen LogP contribution is 2.42. The normalized spacial score (nSPS) is 20.4. The van der Waals surface area contributed by atoms with E-state index in [1.807, 2.05) is 80.3 Å². The minimum absolute atomic E-state index is 0.123. The zero-order valence-corrected chi connectivity index (χ0v) is 33.8. The topological polar surface area (TPSA) is 142 Å². The third-order valence-electron chi connectivity index (χ3n) is 12.0. The van der Waals surface area contributed by atoms with Gasteiger partial charge in [0.25, 0.3) is 5.91 Å². The summed E-state index contributed by atoms with van der Waals surface area (Å²) in [6.45, 7) is 8.72. The molecule has 0 unspecified atom stereocenters. The Balaban J connectivity index is 1.05. The number of amides is 3. The van der Waals surface area contributed by atoms with Gasteiger partial charge in [0.05, 0.1) is 37.5 Å². The molecule has 2 bridgehead atoms. The van der Waals surface area contributed by atoms with Crippen molar-refractivity contribution in [1.29, 1.82) is 0 Å². The predicted molar refractivity (Wildman–Crippen MR) is 217 cm³/mol. The fourth-order valence-corrected chi connectivity index (χ4v) is 9.00. The monoisotopic (exact) mass is 789 g/mol. The lowest BCUT2D eigenvalue weighted by Crippen LogP contribution is -2.51. The Hall–Kier alpha value is -5.79. The number of ether oxygens (including phenoxy) is 4. The predicted octanol–water partition coefficient (Wildman–Crippen LogP) is 6.88. The van der Waals surface area contributed by atoms with Crippen molar-refractivity contribution in [3.05, 3.63) is 71.8 Å². The third-order valence-corrected chi connectivity index (χ3v) is 12.0. The standard InChI is InChI=1S/C44H51N7O7/c1-44(2,3)58-42(53)47-37-30-13-15-33(37)50(24-30)41(52)31-17-32-38(35(19-31)55-4)51(23-28-20-48(21-28)43(54)57-25-27-9-7-6-8-10-27)40(45-32)34-18-29-14-16-36(56-5)46-39(29)49(34)22-26-11-12-26/h6-10,14,16-19,26,28,30,33,37H,11-13,15,20-25H2,1-5H3,(H,47,53)/t30-,33-,37-/m1/s1. The van der Waals surface area contributed by atoms with Crippen molar-refractivity contribution < 1.29 is 33.3 Å². The average Bonchev–Trinajstić information content (AvgIpc) is 3.51. The van der Waals surface area contributed by atoms with Gasteiger partial charge in [-0.25, -0.2) is 14.6 Å². The molecule has 2 saturated carbocycles. The van der Waals surface area contributed by atoms with Crippen LogP contribution in [0.2, 0.25) is 0 Å². The molecule has 3 aromatic heterocycles. The first-order chi connectivity index (χ1) is 28.0. The Kier molecular flexibility index (Phi) is 9.68. The van der Waals surface area contributed by atoms with Gasteiger partial charge in [-0.3, -0.25) is 4.79 Å². The summed E-state index contributed by atoms with van der Waals surface area (Å²) in [4.78, 5) is 54.0. The van der Waals surface area contributed by atoms with Crippen LogP contribution in [0.1, 0.15) is 62.4 Å². The van der Waals surface area contributed by atoms with E-state index in [1.165, 1.54) is 0 Å². The molecule has 5 aromatic rings. The van der Waals surface area contributed by atoms with Crippen LogP contribution < -0.4 is 14.8 Å². The number of nitrogens with zero attached hydrogens (tertiary/aromatic N) is 6. The van der Waals surface area contributed by atoms with Crippen LogP contribution in [-0.2, 0) is 29.2 Å². The van der Waals surface area contributed by atoms with Gasteiger partial charge in [-0.05, 0) is 88.1 Å². The minimum Gasteiger partial charge on any atom is -0.494 e. The number of hydrogen-bond acceptors (Lipinski definition) is 9. The smallest absolute Gasteiger partial charge is 0.410 e. The van der Waals surface area contributed by atoms with Gasteiger partial charge in [0, 0.05) is 55.7 Å². The summed E-state index contributed by atoms with van der Waals surface area (Å²) >= 11 is 0. The van der Waals surface area contributed by atoms with Crippen molar-refractivity contribution >= 4 is 40.2 Å². The average molecular weight is 790 g/mol. The molecule has 9 rings (SSSR count). The Morgan fingerprint density at radius 1 is 0.845 bits per heavy atom. The van der Waals surface area contributed by atoms with E-state index in [0.29, 0.717) is 54.8 Å². The Morgan fingerprint density at radius 3 is 2.34 bits per heavy atom. The molecule has 1 N–H and O–H groups in total. The zero-order chi connectivity index (χ0) is 40.3. The highest BCUT2D eigenvalue weighted by atomic mass is 16.6. The molecule has 4 aliphatic rings. The summed E-state index contributed by atoms with van der Waals surface area (Å²) in [6, 6.07) is 19.1. The van der Waals surface area contributed by atoms with Crippen molar-refractivity contribution in [1.82, 2.24) is 34.2 Å². The van der Waals surface area contributed by atoms with Crippen LogP contribution in [0.5, 0.6) is 11.6 Å². The van der Waals surface area contributed by atoms with Crippen LogP contribution in [-0.4, -0.2) is 98.5 Å². The van der Waals surface area contributed by atoms with Crippen molar-refractivity contribution in [2.45, 2.75) is 83.8 Å². The van der Waals surface area contributed by atoms with E-state index in [4.69, 9.17) is 28.9 Å². The number of carbonyl (C=O) groups excluding carboxylic acids is 3. The molecule has 3 amide bonds.